The van der Waals surface area contributed by atoms with Gasteiger partial charge in [-0.2, -0.15) is 0 Å². The molecule has 0 aromatic rings. The second-order valence-corrected chi connectivity index (χ2v) is 5.22. The van der Waals surface area contributed by atoms with E-state index in [1.165, 1.54) is 49.8 Å². The molecule has 0 unspecified atom stereocenters. The van der Waals surface area contributed by atoms with Crippen LogP contribution < -0.4 is 0 Å². The third-order valence-corrected chi connectivity index (χ3v) is 3.29. The number of hydrogen-bond donors (Lipinski definition) is 1. The maximum atomic E-state index is 11.5. The normalized spacial score (nSPS) is 9.43. The zero-order valence-corrected chi connectivity index (χ0v) is 13.0. The van der Waals surface area contributed by atoms with Gasteiger partial charge >= 0.3 is 35.5 Å². The molecule has 0 radical (unpaired) electrons. The molecule has 5 nitrogen and oxygen atoms in total. The van der Waals surface area contributed by atoms with Gasteiger partial charge in [-0.05, 0) is 6.42 Å². The standard InChI is InChI=1S/C15H29NO3.Na.H2O.H/c1-3-4-5-6-7-8-9-10-11-12-14(17)16(2)13-15(18)19;;;/h3-13H2,1-2H3,(H,18,19);;1H2;. The molecule has 21 heavy (non-hydrogen) atoms. The molecule has 0 aliphatic carbocycles. The van der Waals surface area contributed by atoms with Crippen LogP contribution in [0, 0.1) is 0 Å². The van der Waals surface area contributed by atoms with Crippen LogP contribution in [0.3, 0.4) is 0 Å². The van der Waals surface area contributed by atoms with Gasteiger partial charge in [0.1, 0.15) is 6.54 Å². The Hall–Kier alpha value is -0.100. The first-order valence-corrected chi connectivity index (χ1v) is 7.53. The summed E-state index contributed by atoms with van der Waals surface area (Å²) in [4.78, 5) is 23.3. The molecule has 6 heteroatoms. The van der Waals surface area contributed by atoms with E-state index in [-0.39, 0.29) is 47.5 Å². The summed E-state index contributed by atoms with van der Waals surface area (Å²) in [6.45, 7) is 2.02. The Bertz CT molecular complexity index is 262. The van der Waals surface area contributed by atoms with Crippen molar-refractivity contribution in [1.29, 1.82) is 0 Å². The SMILES string of the molecule is CCCCCCCCCCCC(=O)N(C)CC(=O)O.O.[NaH]. The van der Waals surface area contributed by atoms with Crippen molar-refractivity contribution >= 4 is 41.4 Å². The van der Waals surface area contributed by atoms with Crippen LogP contribution in [0.5, 0.6) is 0 Å². The summed E-state index contributed by atoms with van der Waals surface area (Å²) in [5.74, 6) is -1.02. The Morgan fingerprint density at radius 2 is 1.33 bits per heavy atom. The second-order valence-electron chi connectivity index (χ2n) is 5.22. The van der Waals surface area contributed by atoms with Crippen molar-refractivity contribution in [2.75, 3.05) is 13.6 Å². The van der Waals surface area contributed by atoms with Gasteiger partial charge in [0.25, 0.3) is 0 Å². The number of carbonyl (C=O) groups excluding carboxylic acids is 1. The maximum absolute atomic E-state index is 11.5. The molecule has 1 amide bonds. The fourth-order valence-corrected chi connectivity index (χ4v) is 2.07. The Balaban J connectivity index is -0.00000162. The van der Waals surface area contributed by atoms with Crippen molar-refractivity contribution in [3.63, 3.8) is 0 Å². The van der Waals surface area contributed by atoms with Crippen molar-refractivity contribution in [2.24, 2.45) is 0 Å². The molecule has 0 aliphatic rings. The van der Waals surface area contributed by atoms with Crippen LogP contribution in [0.25, 0.3) is 0 Å². The van der Waals surface area contributed by atoms with E-state index in [2.05, 4.69) is 6.92 Å². The van der Waals surface area contributed by atoms with Gasteiger partial charge in [-0.1, -0.05) is 58.3 Å². The quantitative estimate of drug-likeness (QED) is 0.441. The van der Waals surface area contributed by atoms with Crippen molar-refractivity contribution < 1.29 is 20.2 Å². The van der Waals surface area contributed by atoms with E-state index in [1.807, 2.05) is 0 Å². The molecule has 0 atom stereocenters. The van der Waals surface area contributed by atoms with Crippen molar-refractivity contribution in [3.05, 3.63) is 0 Å². The number of aliphatic carboxylic acids is 1. The van der Waals surface area contributed by atoms with Crippen molar-refractivity contribution in [3.8, 4) is 0 Å². The van der Waals surface area contributed by atoms with Gasteiger partial charge in [-0.3, -0.25) is 9.59 Å². The van der Waals surface area contributed by atoms with Crippen LogP contribution in [0.1, 0.15) is 71.1 Å². The number of carboxylic acid groups (broad SMARTS) is 1. The predicted octanol–water partition coefficient (Wildman–Crippen LogP) is 1.98. The monoisotopic (exact) mass is 313 g/mol. The first-order chi connectivity index (χ1) is 9.07. The van der Waals surface area contributed by atoms with Gasteiger partial charge < -0.3 is 15.5 Å². The third kappa shape index (κ3) is 17.8. The van der Waals surface area contributed by atoms with E-state index >= 15 is 0 Å². The Labute approximate surface area is 151 Å². The summed E-state index contributed by atoms with van der Waals surface area (Å²) in [6.07, 6.45) is 11.4. The topological polar surface area (TPSA) is 89.1 Å². The zero-order valence-electron chi connectivity index (χ0n) is 13.0. The van der Waals surface area contributed by atoms with Crippen LogP contribution in [0.2, 0.25) is 0 Å². The van der Waals surface area contributed by atoms with Gasteiger partial charge in [0.2, 0.25) is 5.91 Å². The summed E-state index contributed by atoms with van der Waals surface area (Å²) < 4.78 is 0. The number of nitrogens with zero attached hydrogens (tertiary/aromatic N) is 1. The van der Waals surface area contributed by atoms with E-state index in [1.54, 1.807) is 7.05 Å². The minimum absolute atomic E-state index is 0. The molecular formula is C15H32NNaO4. The van der Waals surface area contributed by atoms with Gasteiger partial charge in [0.15, 0.2) is 0 Å². The summed E-state index contributed by atoms with van der Waals surface area (Å²) in [5, 5.41) is 8.57. The van der Waals surface area contributed by atoms with Crippen LogP contribution in [-0.4, -0.2) is 70.5 Å². The minimum atomic E-state index is -0.956. The number of unbranched alkanes of at least 4 members (excludes halogenated alkanes) is 8. The summed E-state index contributed by atoms with van der Waals surface area (Å²) in [7, 11) is 1.55. The second kappa shape index (κ2) is 18.0. The molecular weight excluding hydrogens is 281 g/mol. The number of amides is 1. The number of carbonyl (C=O) groups is 2. The van der Waals surface area contributed by atoms with E-state index in [4.69, 9.17) is 5.11 Å². The molecule has 0 aromatic carbocycles. The van der Waals surface area contributed by atoms with E-state index in [0.717, 1.165) is 12.8 Å². The third-order valence-electron chi connectivity index (χ3n) is 3.29. The van der Waals surface area contributed by atoms with Gasteiger partial charge in [-0.25, -0.2) is 0 Å². The molecule has 0 bridgehead atoms. The molecule has 0 saturated carbocycles. The van der Waals surface area contributed by atoms with Crippen molar-refractivity contribution in [2.45, 2.75) is 71.1 Å². The molecule has 0 heterocycles. The van der Waals surface area contributed by atoms with Crippen LogP contribution in [0.4, 0.5) is 0 Å². The molecule has 0 spiro atoms. The summed E-state index contributed by atoms with van der Waals surface area (Å²) in [6, 6.07) is 0. The molecule has 0 rings (SSSR count). The molecule has 0 aliphatic heterocycles. The molecule has 0 fully saturated rings. The fraction of sp³-hybridized carbons (Fsp3) is 0.867. The van der Waals surface area contributed by atoms with Gasteiger partial charge in [0.05, 0.1) is 0 Å². The van der Waals surface area contributed by atoms with E-state index < -0.39 is 5.97 Å². The average molecular weight is 313 g/mol. The van der Waals surface area contributed by atoms with Crippen LogP contribution >= 0.6 is 0 Å². The summed E-state index contributed by atoms with van der Waals surface area (Å²) >= 11 is 0. The molecule has 122 valence electrons. The number of likely N-dealkylation sites (N-methyl/N-ethyl adjacent to an activating group) is 1. The molecule has 0 aromatic heterocycles. The number of hydrogen-bond acceptors (Lipinski definition) is 2. The molecule has 3 N–H and O–H groups in total. The first kappa shape index (κ1) is 25.8. The molecule has 0 saturated heterocycles. The van der Waals surface area contributed by atoms with E-state index in [0.29, 0.717) is 6.42 Å². The van der Waals surface area contributed by atoms with Gasteiger partial charge in [-0.15, -0.1) is 0 Å². The number of rotatable bonds is 12. The van der Waals surface area contributed by atoms with Crippen molar-refractivity contribution in [1.82, 2.24) is 4.90 Å². The zero-order chi connectivity index (χ0) is 14.5. The first-order valence-electron chi connectivity index (χ1n) is 7.53. The Kier molecular flexibility index (Phi) is 22.1. The average Bonchev–Trinajstić information content (AvgIpc) is 2.35. The van der Waals surface area contributed by atoms with E-state index in [9.17, 15) is 9.59 Å². The van der Waals surface area contributed by atoms with Gasteiger partial charge in [0, 0.05) is 13.5 Å². The Morgan fingerprint density at radius 1 is 0.905 bits per heavy atom. The fourth-order valence-electron chi connectivity index (χ4n) is 2.07. The van der Waals surface area contributed by atoms with Crippen LogP contribution in [-0.2, 0) is 9.59 Å². The predicted molar refractivity (Wildman–Crippen MR) is 87.9 cm³/mol. The Morgan fingerprint density at radius 3 is 1.76 bits per heavy atom. The number of carboxylic acids is 1. The summed E-state index contributed by atoms with van der Waals surface area (Å²) in [5.41, 5.74) is 0. The van der Waals surface area contributed by atoms with Crippen LogP contribution in [0.15, 0.2) is 0 Å².